The zero-order valence-corrected chi connectivity index (χ0v) is 14.3. The predicted molar refractivity (Wildman–Crippen MR) is 93.4 cm³/mol. The molecule has 10 heteroatoms. The number of alkyl halides is 3. The predicted octanol–water partition coefficient (Wildman–Crippen LogP) is 3.12. The SMILES string of the molecule is Cn1cc(Nc2ncc(C(F)(F)F)c(NC(CO)c3ccccc3)n2)cn1. The van der Waals surface area contributed by atoms with Crippen molar-refractivity contribution in [2.75, 3.05) is 17.2 Å². The van der Waals surface area contributed by atoms with E-state index in [2.05, 4.69) is 25.7 Å². The quantitative estimate of drug-likeness (QED) is 0.611. The Morgan fingerprint density at radius 1 is 1.19 bits per heavy atom. The van der Waals surface area contributed by atoms with E-state index in [0.717, 1.165) is 0 Å². The Morgan fingerprint density at radius 2 is 1.93 bits per heavy atom. The summed E-state index contributed by atoms with van der Waals surface area (Å²) in [4.78, 5) is 7.69. The molecular formula is C17H17F3N6O. The molecule has 27 heavy (non-hydrogen) atoms. The van der Waals surface area contributed by atoms with E-state index in [0.29, 0.717) is 17.4 Å². The van der Waals surface area contributed by atoms with E-state index in [1.807, 2.05) is 0 Å². The second-order valence-corrected chi connectivity index (χ2v) is 5.77. The van der Waals surface area contributed by atoms with Gasteiger partial charge in [-0.05, 0) is 5.56 Å². The van der Waals surface area contributed by atoms with Crippen LogP contribution in [0.15, 0.2) is 48.9 Å². The molecule has 1 aromatic carbocycles. The van der Waals surface area contributed by atoms with Crippen molar-refractivity contribution in [3.05, 3.63) is 60.0 Å². The molecule has 0 aliphatic rings. The lowest BCUT2D eigenvalue weighted by Crippen LogP contribution is -2.20. The number of hydrogen-bond donors (Lipinski definition) is 3. The number of aromatic nitrogens is 4. The minimum atomic E-state index is -4.65. The molecule has 0 spiro atoms. The summed E-state index contributed by atoms with van der Waals surface area (Å²) in [5, 5.41) is 19.1. The zero-order valence-electron chi connectivity index (χ0n) is 14.3. The normalized spacial score (nSPS) is 12.6. The first-order valence-electron chi connectivity index (χ1n) is 7.99. The van der Waals surface area contributed by atoms with Crippen molar-refractivity contribution in [2.24, 2.45) is 7.05 Å². The van der Waals surface area contributed by atoms with Gasteiger partial charge >= 0.3 is 6.18 Å². The highest BCUT2D eigenvalue weighted by Crippen LogP contribution is 2.35. The highest BCUT2D eigenvalue weighted by Gasteiger charge is 2.36. The average Bonchev–Trinajstić information content (AvgIpc) is 3.04. The Bertz CT molecular complexity index is 897. The summed E-state index contributed by atoms with van der Waals surface area (Å²) < 4.78 is 41.6. The van der Waals surface area contributed by atoms with Gasteiger partial charge in [0.2, 0.25) is 5.95 Å². The molecule has 0 amide bonds. The molecule has 7 nitrogen and oxygen atoms in total. The van der Waals surface area contributed by atoms with Gasteiger partial charge in [-0.15, -0.1) is 0 Å². The molecule has 1 unspecified atom stereocenters. The molecule has 2 aromatic heterocycles. The van der Waals surface area contributed by atoms with Crippen LogP contribution in [0, 0.1) is 0 Å². The molecular weight excluding hydrogens is 361 g/mol. The number of nitrogens with one attached hydrogen (secondary N) is 2. The van der Waals surface area contributed by atoms with Crippen molar-refractivity contribution in [1.82, 2.24) is 19.7 Å². The van der Waals surface area contributed by atoms with Crippen molar-refractivity contribution in [2.45, 2.75) is 12.2 Å². The molecule has 0 saturated heterocycles. The van der Waals surface area contributed by atoms with Gasteiger partial charge in [-0.3, -0.25) is 4.68 Å². The van der Waals surface area contributed by atoms with Crippen molar-refractivity contribution in [1.29, 1.82) is 0 Å². The Balaban J connectivity index is 1.93. The topological polar surface area (TPSA) is 87.9 Å². The first-order valence-corrected chi connectivity index (χ1v) is 7.99. The monoisotopic (exact) mass is 378 g/mol. The van der Waals surface area contributed by atoms with Crippen molar-refractivity contribution < 1.29 is 18.3 Å². The minimum absolute atomic E-state index is 0.0248. The maximum absolute atomic E-state index is 13.4. The molecule has 0 aliphatic heterocycles. The molecule has 142 valence electrons. The summed E-state index contributed by atoms with van der Waals surface area (Å²) in [6.07, 6.45) is -0.817. The number of nitrogens with zero attached hydrogens (tertiary/aromatic N) is 4. The summed E-state index contributed by atoms with van der Waals surface area (Å²) in [7, 11) is 1.71. The fourth-order valence-electron chi connectivity index (χ4n) is 2.46. The lowest BCUT2D eigenvalue weighted by atomic mass is 10.1. The molecule has 0 radical (unpaired) electrons. The van der Waals surface area contributed by atoms with Crippen molar-refractivity contribution in [3.63, 3.8) is 0 Å². The van der Waals surface area contributed by atoms with E-state index in [-0.39, 0.29) is 5.95 Å². The fourth-order valence-corrected chi connectivity index (χ4v) is 2.46. The van der Waals surface area contributed by atoms with E-state index in [4.69, 9.17) is 0 Å². The largest absolute Gasteiger partial charge is 0.421 e. The van der Waals surface area contributed by atoms with Gasteiger partial charge in [-0.1, -0.05) is 30.3 Å². The van der Waals surface area contributed by atoms with Gasteiger partial charge in [0.1, 0.15) is 11.4 Å². The van der Waals surface area contributed by atoms with Crippen LogP contribution in [0.3, 0.4) is 0 Å². The molecule has 0 bridgehead atoms. The van der Waals surface area contributed by atoms with Crippen molar-refractivity contribution >= 4 is 17.5 Å². The van der Waals surface area contributed by atoms with Crippen LogP contribution < -0.4 is 10.6 Å². The van der Waals surface area contributed by atoms with Gasteiger partial charge in [0, 0.05) is 19.4 Å². The maximum Gasteiger partial charge on any atom is 0.421 e. The Hall–Kier alpha value is -3.14. The molecule has 0 fully saturated rings. The molecule has 0 aliphatic carbocycles. The Morgan fingerprint density at radius 3 is 2.52 bits per heavy atom. The third-order valence-electron chi connectivity index (χ3n) is 3.75. The number of halogens is 3. The van der Waals surface area contributed by atoms with Crippen molar-refractivity contribution in [3.8, 4) is 0 Å². The number of aryl methyl sites for hydroxylation is 1. The van der Waals surface area contributed by atoms with Gasteiger partial charge in [0.25, 0.3) is 0 Å². The second-order valence-electron chi connectivity index (χ2n) is 5.77. The van der Waals surface area contributed by atoms with Crippen LogP contribution in [0.5, 0.6) is 0 Å². The van der Waals surface area contributed by atoms with Gasteiger partial charge in [0.05, 0.1) is 24.5 Å². The van der Waals surface area contributed by atoms with Crippen LogP contribution in [0.1, 0.15) is 17.2 Å². The van der Waals surface area contributed by atoms with Gasteiger partial charge in [-0.25, -0.2) is 4.98 Å². The third-order valence-corrected chi connectivity index (χ3v) is 3.75. The van der Waals surface area contributed by atoms with Gasteiger partial charge in [0.15, 0.2) is 0 Å². The van der Waals surface area contributed by atoms with E-state index in [9.17, 15) is 18.3 Å². The number of anilines is 3. The van der Waals surface area contributed by atoms with Crippen LogP contribution in [0.2, 0.25) is 0 Å². The standard InChI is InChI=1S/C17H17F3N6O/c1-26-9-12(7-22-26)23-16-21-8-13(17(18,19)20)15(25-16)24-14(10-27)11-5-3-2-4-6-11/h2-9,14,27H,10H2,1H3,(H2,21,23,24,25). The minimum Gasteiger partial charge on any atom is -0.394 e. The van der Waals surface area contributed by atoms with E-state index < -0.39 is 30.2 Å². The number of benzene rings is 1. The van der Waals surface area contributed by atoms with Crippen LogP contribution in [-0.4, -0.2) is 31.5 Å². The summed E-state index contributed by atoms with van der Waals surface area (Å²) in [6.45, 7) is -0.406. The summed E-state index contributed by atoms with van der Waals surface area (Å²) in [5.41, 5.74) is 0.145. The first kappa shape index (κ1) is 18.6. The first-order chi connectivity index (χ1) is 12.9. The molecule has 3 aromatic rings. The maximum atomic E-state index is 13.4. The highest BCUT2D eigenvalue weighted by molar-refractivity contribution is 5.55. The van der Waals surface area contributed by atoms with E-state index in [1.165, 1.54) is 10.9 Å². The smallest absolute Gasteiger partial charge is 0.394 e. The zero-order chi connectivity index (χ0) is 19.4. The lowest BCUT2D eigenvalue weighted by Gasteiger charge is -2.20. The number of rotatable bonds is 6. The molecule has 1 atom stereocenters. The average molecular weight is 378 g/mol. The number of aliphatic hydroxyl groups is 1. The highest BCUT2D eigenvalue weighted by atomic mass is 19.4. The summed E-state index contributed by atoms with van der Waals surface area (Å²) in [5.74, 6) is -0.449. The van der Waals surface area contributed by atoms with Gasteiger partial charge in [-0.2, -0.15) is 23.3 Å². The summed E-state index contributed by atoms with van der Waals surface area (Å²) >= 11 is 0. The lowest BCUT2D eigenvalue weighted by molar-refractivity contribution is -0.137. The third kappa shape index (κ3) is 4.53. The summed E-state index contributed by atoms with van der Waals surface area (Å²) in [6, 6.07) is 7.90. The van der Waals surface area contributed by atoms with Crippen LogP contribution in [-0.2, 0) is 13.2 Å². The van der Waals surface area contributed by atoms with Crippen LogP contribution >= 0.6 is 0 Å². The molecule has 3 N–H and O–H groups in total. The molecule has 3 rings (SSSR count). The second kappa shape index (κ2) is 7.62. The van der Waals surface area contributed by atoms with E-state index >= 15 is 0 Å². The molecule has 0 saturated carbocycles. The molecule has 2 heterocycles. The Labute approximate surface area is 152 Å². The van der Waals surface area contributed by atoms with Crippen LogP contribution in [0.25, 0.3) is 0 Å². The fraction of sp³-hybridized carbons (Fsp3) is 0.235. The van der Waals surface area contributed by atoms with Gasteiger partial charge < -0.3 is 15.7 Å². The number of aliphatic hydroxyl groups excluding tert-OH is 1. The Kier molecular flexibility index (Phi) is 5.26. The number of hydrogen-bond acceptors (Lipinski definition) is 6. The van der Waals surface area contributed by atoms with Crippen LogP contribution in [0.4, 0.5) is 30.6 Å². The van der Waals surface area contributed by atoms with E-state index in [1.54, 1.807) is 43.6 Å².